The highest BCUT2D eigenvalue weighted by Gasteiger charge is 2.22. The van der Waals surface area contributed by atoms with Gasteiger partial charge in [0, 0.05) is 6.04 Å². The molecule has 0 spiro atoms. The summed E-state index contributed by atoms with van der Waals surface area (Å²) in [5, 5.41) is 0. The van der Waals surface area contributed by atoms with Gasteiger partial charge in [0.2, 0.25) is 10.0 Å². The molecule has 0 radical (unpaired) electrons. The third kappa shape index (κ3) is 3.37. The first kappa shape index (κ1) is 16.7. The molecule has 0 amide bonds. The van der Waals surface area contributed by atoms with Gasteiger partial charge in [0.25, 0.3) is 0 Å². The molecule has 2 aromatic rings. The summed E-state index contributed by atoms with van der Waals surface area (Å²) >= 11 is 0. The van der Waals surface area contributed by atoms with Crippen molar-refractivity contribution in [3.8, 4) is 11.5 Å². The molecule has 0 aliphatic carbocycles. The van der Waals surface area contributed by atoms with Crippen LogP contribution in [-0.4, -0.2) is 21.6 Å². The maximum Gasteiger partial charge on any atom is 0.241 e. The van der Waals surface area contributed by atoms with E-state index in [9.17, 15) is 12.8 Å². The second-order valence-electron chi connectivity index (χ2n) is 5.66. The summed E-state index contributed by atoms with van der Waals surface area (Å²) < 4.78 is 51.9. The number of ether oxygens (including phenoxy) is 2. The first-order chi connectivity index (χ1) is 11.4. The average molecular weight is 351 g/mol. The molecule has 1 heterocycles. The highest BCUT2D eigenvalue weighted by atomic mass is 32.2. The van der Waals surface area contributed by atoms with Crippen LogP contribution in [-0.2, 0) is 10.0 Å². The number of nitrogens with one attached hydrogen (secondary N) is 1. The minimum absolute atomic E-state index is 0.0632. The lowest BCUT2D eigenvalue weighted by Gasteiger charge is -2.21. The molecule has 128 valence electrons. The standard InChI is InChI=1S/C17H18FNO4S/c1-11-9-14(18)4-6-17(11)24(20,21)19-12(2)13-3-5-15-16(10-13)23-8-7-22-15/h3-6,9-10,12,19H,7-8H2,1-2H3/t12-/m0/s1. The molecule has 24 heavy (non-hydrogen) atoms. The summed E-state index contributed by atoms with van der Waals surface area (Å²) in [6, 6.07) is 8.44. The summed E-state index contributed by atoms with van der Waals surface area (Å²) in [5.41, 5.74) is 1.11. The van der Waals surface area contributed by atoms with Crippen LogP contribution in [0.1, 0.15) is 24.1 Å². The third-order valence-electron chi connectivity index (χ3n) is 3.82. The minimum Gasteiger partial charge on any atom is -0.486 e. The quantitative estimate of drug-likeness (QED) is 0.920. The summed E-state index contributed by atoms with van der Waals surface area (Å²) in [6.45, 7) is 4.26. The van der Waals surface area contributed by atoms with Crippen LogP contribution < -0.4 is 14.2 Å². The third-order valence-corrected chi connectivity index (χ3v) is 5.53. The van der Waals surface area contributed by atoms with E-state index in [4.69, 9.17) is 9.47 Å². The molecule has 0 aromatic heterocycles. The Kier molecular flexibility index (Phi) is 4.47. The molecule has 0 bridgehead atoms. The molecule has 7 heteroatoms. The SMILES string of the molecule is Cc1cc(F)ccc1S(=O)(=O)N[C@@H](C)c1ccc2c(c1)OCCO2. The van der Waals surface area contributed by atoms with Crippen LogP contribution in [0.2, 0.25) is 0 Å². The van der Waals surface area contributed by atoms with Gasteiger partial charge in [-0.25, -0.2) is 17.5 Å². The fraction of sp³-hybridized carbons (Fsp3) is 0.294. The Morgan fingerprint density at radius 3 is 2.50 bits per heavy atom. The zero-order valence-electron chi connectivity index (χ0n) is 13.4. The number of halogens is 1. The van der Waals surface area contributed by atoms with Crippen molar-refractivity contribution in [2.24, 2.45) is 0 Å². The fourth-order valence-electron chi connectivity index (χ4n) is 2.61. The molecule has 5 nitrogen and oxygen atoms in total. The van der Waals surface area contributed by atoms with Crippen LogP contribution in [0.15, 0.2) is 41.3 Å². The van der Waals surface area contributed by atoms with Crippen molar-refractivity contribution in [3.05, 3.63) is 53.3 Å². The molecule has 0 unspecified atom stereocenters. The van der Waals surface area contributed by atoms with E-state index in [0.717, 1.165) is 11.6 Å². The number of fused-ring (bicyclic) bond motifs is 1. The number of hydrogen-bond acceptors (Lipinski definition) is 4. The zero-order valence-corrected chi connectivity index (χ0v) is 14.2. The fourth-order valence-corrected chi connectivity index (χ4v) is 4.07. The van der Waals surface area contributed by atoms with Crippen LogP contribution in [0.5, 0.6) is 11.5 Å². The topological polar surface area (TPSA) is 64.6 Å². The predicted molar refractivity (Wildman–Crippen MR) is 87.3 cm³/mol. The van der Waals surface area contributed by atoms with Crippen LogP contribution in [0, 0.1) is 12.7 Å². The van der Waals surface area contributed by atoms with Crippen molar-refractivity contribution in [3.63, 3.8) is 0 Å². The Morgan fingerprint density at radius 2 is 1.79 bits per heavy atom. The Morgan fingerprint density at radius 1 is 1.08 bits per heavy atom. The highest BCUT2D eigenvalue weighted by molar-refractivity contribution is 7.89. The summed E-state index contributed by atoms with van der Waals surface area (Å²) in [4.78, 5) is 0.0632. The lowest BCUT2D eigenvalue weighted by atomic mass is 10.1. The lowest BCUT2D eigenvalue weighted by molar-refractivity contribution is 0.171. The summed E-state index contributed by atoms with van der Waals surface area (Å²) in [5.74, 6) is 0.781. The molecule has 1 atom stereocenters. The number of rotatable bonds is 4. The second kappa shape index (κ2) is 6.41. The van der Waals surface area contributed by atoms with Gasteiger partial charge in [0.15, 0.2) is 11.5 Å². The van der Waals surface area contributed by atoms with Gasteiger partial charge in [0.1, 0.15) is 19.0 Å². The molecule has 1 aliphatic rings. The Hall–Kier alpha value is -2.12. The largest absolute Gasteiger partial charge is 0.486 e. The summed E-state index contributed by atoms with van der Waals surface area (Å²) in [7, 11) is -3.77. The van der Waals surface area contributed by atoms with Gasteiger partial charge in [-0.3, -0.25) is 0 Å². The number of benzene rings is 2. The van der Waals surface area contributed by atoms with Gasteiger partial charge in [-0.05, 0) is 55.3 Å². The van der Waals surface area contributed by atoms with Gasteiger partial charge < -0.3 is 9.47 Å². The van der Waals surface area contributed by atoms with Crippen LogP contribution in [0.25, 0.3) is 0 Å². The molecule has 0 saturated heterocycles. The van der Waals surface area contributed by atoms with Gasteiger partial charge in [-0.1, -0.05) is 6.07 Å². The van der Waals surface area contributed by atoms with E-state index in [0.29, 0.717) is 30.3 Å². The van der Waals surface area contributed by atoms with E-state index in [1.807, 2.05) is 0 Å². The van der Waals surface area contributed by atoms with Gasteiger partial charge in [-0.15, -0.1) is 0 Å². The molecular formula is C17H18FNO4S. The van der Waals surface area contributed by atoms with E-state index in [1.54, 1.807) is 32.0 Å². The van der Waals surface area contributed by atoms with Crippen molar-refractivity contribution < 1.29 is 22.3 Å². The van der Waals surface area contributed by atoms with E-state index in [-0.39, 0.29) is 4.90 Å². The van der Waals surface area contributed by atoms with E-state index < -0.39 is 21.9 Å². The Balaban J connectivity index is 1.84. The van der Waals surface area contributed by atoms with Crippen molar-refractivity contribution in [2.75, 3.05) is 13.2 Å². The van der Waals surface area contributed by atoms with Crippen molar-refractivity contribution in [2.45, 2.75) is 24.8 Å². The van der Waals surface area contributed by atoms with Crippen LogP contribution >= 0.6 is 0 Å². The molecule has 3 rings (SSSR count). The van der Waals surface area contributed by atoms with Crippen molar-refractivity contribution in [1.82, 2.24) is 4.72 Å². The van der Waals surface area contributed by atoms with E-state index in [1.165, 1.54) is 12.1 Å². The molecule has 1 N–H and O–H groups in total. The number of sulfonamides is 1. The van der Waals surface area contributed by atoms with Crippen LogP contribution in [0.3, 0.4) is 0 Å². The molecule has 0 saturated carbocycles. The predicted octanol–water partition coefficient (Wildman–Crippen LogP) is 2.94. The average Bonchev–Trinajstić information content (AvgIpc) is 2.53. The Bertz CT molecular complexity index is 867. The first-order valence-electron chi connectivity index (χ1n) is 7.55. The highest BCUT2D eigenvalue weighted by Crippen LogP contribution is 2.33. The summed E-state index contributed by atoms with van der Waals surface area (Å²) in [6.07, 6.45) is 0. The zero-order chi connectivity index (χ0) is 17.3. The van der Waals surface area contributed by atoms with Gasteiger partial charge in [-0.2, -0.15) is 0 Å². The second-order valence-corrected chi connectivity index (χ2v) is 7.34. The first-order valence-corrected chi connectivity index (χ1v) is 9.03. The Labute approximate surface area is 140 Å². The van der Waals surface area contributed by atoms with E-state index >= 15 is 0 Å². The monoisotopic (exact) mass is 351 g/mol. The molecule has 2 aromatic carbocycles. The minimum atomic E-state index is -3.77. The van der Waals surface area contributed by atoms with Crippen molar-refractivity contribution in [1.29, 1.82) is 0 Å². The van der Waals surface area contributed by atoms with Crippen LogP contribution in [0.4, 0.5) is 4.39 Å². The lowest BCUT2D eigenvalue weighted by Crippen LogP contribution is -2.27. The van der Waals surface area contributed by atoms with E-state index in [2.05, 4.69) is 4.72 Å². The molecular weight excluding hydrogens is 333 g/mol. The maximum atomic E-state index is 13.2. The number of hydrogen-bond donors (Lipinski definition) is 1. The van der Waals surface area contributed by atoms with Gasteiger partial charge >= 0.3 is 0 Å². The van der Waals surface area contributed by atoms with Crippen molar-refractivity contribution >= 4 is 10.0 Å². The normalized spacial score (nSPS) is 15.1. The molecule has 0 fully saturated rings. The molecule has 1 aliphatic heterocycles. The smallest absolute Gasteiger partial charge is 0.241 e. The maximum absolute atomic E-state index is 13.2. The van der Waals surface area contributed by atoms with Gasteiger partial charge in [0.05, 0.1) is 4.90 Å². The number of aryl methyl sites for hydroxylation is 1.